The summed E-state index contributed by atoms with van der Waals surface area (Å²) in [6.07, 6.45) is 0. The molecule has 0 atom stereocenters. The Balaban J connectivity index is 1.17. The van der Waals surface area contributed by atoms with Crippen molar-refractivity contribution in [2.75, 3.05) is 0 Å². The van der Waals surface area contributed by atoms with Crippen LogP contribution in [-0.2, 0) is 0 Å². The average Bonchev–Trinajstić information content (AvgIpc) is 3.39. The van der Waals surface area contributed by atoms with Gasteiger partial charge in [0.1, 0.15) is 8.07 Å². The molecule has 9 rings (SSSR count). The third kappa shape index (κ3) is 5.18. The van der Waals surface area contributed by atoms with Crippen molar-refractivity contribution in [2.45, 2.75) is 13.1 Å². The van der Waals surface area contributed by atoms with Gasteiger partial charge in [-0.25, -0.2) is 15.0 Å². The first-order chi connectivity index (χ1) is 24.0. The van der Waals surface area contributed by atoms with E-state index in [1.165, 1.54) is 43.4 Å². The molecule has 1 aromatic heterocycles. The largest absolute Gasteiger partial charge is 0.208 e. The third-order valence-electron chi connectivity index (χ3n) is 9.94. The molecule has 0 saturated heterocycles. The van der Waals surface area contributed by atoms with Gasteiger partial charge in [0, 0.05) is 16.7 Å². The summed E-state index contributed by atoms with van der Waals surface area (Å²) in [6, 6.07) is 58.2. The van der Waals surface area contributed by atoms with Gasteiger partial charge in [-0.15, -0.1) is 0 Å². The predicted molar refractivity (Wildman–Crippen MR) is 207 cm³/mol. The molecule has 0 N–H and O–H groups in total. The summed E-state index contributed by atoms with van der Waals surface area (Å²) < 4.78 is 0. The zero-order valence-electron chi connectivity index (χ0n) is 27.4. The molecule has 2 heterocycles. The zero-order valence-corrected chi connectivity index (χ0v) is 28.4. The minimum atomic E-state index is -1.87. The molecule has 4 heteroatoms. The van der Waals surface area contributed by atoms with E-state index in [-0.39, 0.29) is 0 Å². The lowest BCUT2D eigenvalue weighted by Gasteiger charge is -2.19. The van der Waals surface area contributed by atoms with Crippen LogP contribution in [0.3, 0.4) is 0 Å². The van der Waals surface area contributed by atoms with Crippen LogP contribution in [0, 0.1) is 0 Å². The van der Waals surface area contributed by atoms with E-state index in [0.29, 0.717) is 17.5 Å². The Bertz CT molecular complexity index is 2390. The van der Waals surface area contributed by atoms with Crippen molar-refractivity contribution >= 4 is 29.2 Å². The monoisotopic (exact) mass is 643 g/mol. The lowest BCUT2D eigenvalue weighted by atomic mass is 9.99. The molecule has 0 saturated carbocycles. The standard InChI is InChI=1S/C45H33N3Si/c1-49(2)41-26-25-38(28-39(41)40-27-36-15-9-10-16-37(36)29-42(40)49)45-47-43(34-21-17-32(18-22-34)30-11-5-3-6-12-30)46-44(48-45)35-23-19-33(20-24-35)31-13-7-4-8-14-31/h3-29H,1-2H3. The fraction of sp³-hybridized carbons (Fsp3) is 0.0444. The van der Waals surface area contributed by atoms with Crippen LogP contribution in [0.25, 0.3) is 78.3 Å². The average molecular weight is 644 g/mol. The van der Waals surface area contributed by atoms with E-state index in [1.54, 1.807) is 0 Å². The Hall–Kier alpha value is -5.97. The van der Waals surface area contributed by atoms with E-state index in [4.69, 9.17) is 15.0 Å². The summed E-state index contributed by atoms with van der Waals surface area (Å²) >= 11 is 0. The van der Waals surface area contributed by atoms with Crippen LogP contribution < -0.4 is 10.4 Å². The van der Waals surface area contributed by atoms with Crippen molar-refractivity contribution in [2.24, 2.45) is 0 Å². The molecule has 0 fully saturated rings. The molecule has 232 valence electrons. The van der Waals surface area contributed by atoms with Gasteiger partial charge in [0.05, 0.1) is 0 Å². The van der Waals surface area contributed by atoms with Crippen molar-refractivity contribution in [1.82, 2.24) is 15.0 Å². The SMILES string of the molecule is C[Si]1(C)c2ccc(-c3nc(-c4ccc(-c5ccccc5)cc4)nc(-c4ccc(-c5ccccc5)cc4)n3)cc2-c2cc3ccccc3cc21. The Kier molecular flexibility index (Phi) is 6.92. The molecule has 0 amide bonds. The Morgan fingerprint density at radius 3 is 1.24 bits per heavy atom. The van der Waals surface area contributed by atoms with Crippen LogP contribution in [0.1, 0.15) is 0 Å². The number of hydrogen-bond donors (Lipinski definition) is 0. The van der Waals surface area contributed by atoms with Gasteiger partial charge in [-0.05, 0) is 66.7 Å². The van der Waals surface area contributed by atoms with Gasteiger partial charge in [0.25, 0.3) is 0 Å². The molecule has 3 nitrogen and oxygen atoms in total. The maximum atomic E-state index is 5.12. The first-order valence-corrected chi connectivity index (χ1v) is 19.8. The second-order valence-corrected chi connectivity index (χ2v) is 17.7. The van der Waals surface area contributed by atoms with Gasteiger partial charge in [-0.3, -0.25) is 0 Å². The van der Waals surface area contributed by atoms with Crippen molar-refractivity contribution in [3.63, 3.8) is 0 Å². The zero-order chi connectivity index (χ0) is 33.0. The van der Waals surface area contributed by atoms with Crippen molar-refractivity contribution in [3.8, 4) is 67.5 Å². The van der Waals surface area contributed by atoms with Crippen molar-refractivity contribution in [3.05, 3.63) is 164 Å². The highest BCUT2D eigenvalue weighted by Gasteiger charge is 2.37. The first kappa shape index (κ1) is 29.2. The van der Waals surface area contributed by atoms with Crippen molar-refractivity contribution < 1.29 is 0 Å². The topological polar surface area (TPSA) is 38.7 Å². The maximum absolute atomic E-state index is 5.12. The van der Waals surface area contributed by atoms with Crippen LogP contribution in [-0.4, -0.2) is 23.0 Å². The van der Waals surface area contributed by atoms with Crippen molar-refractivity contribution in [1.29, 1.82) is 0 Å². The molecule has 7 aromatic carbocycles. The molecule has 0 bridgehead atoms. The molecular formula is C45H33N3Si. The lowest BCUT2D eigenvalue weighted by molar-refractivity contribution is 1.07. The quantitative estimate of drug-likeness (QED) is 0.175. The Labute approximate surface area is 287 Å². The lowest BCUT2D eigenvalue weighted by Crippen LogP contribution is -2.49. The molecule has 0 radical (unpaired) electrons. The highest BCUT2D eigenvalue weighted by atomic mass is 28.3. The van der Waals surface area contributed by atoms with Gasteiger partial charge in [0.15, 0.2) is 17.5 Å². The number of benzene rings is 7. The minimum Gasteiger partial charge on any atom is -0.208 e. The predicted octanol–water partition coefficient (Wildman–Crippen LogP) is 10.2. The van der Waals surface area contributed by atoms with Gasteiger partial charge < -0.3 is 0 Å². The van der Waals surface area contributed by atoms with E-state index in [2.05, 4.69) is 165 Å². The van der Waals surface area contributed by atoms with Crippen LogP contribution >= 0.6 is 0 Å². The molecule has 8 aromatic rings. The third-order valence-corrected chi connectivity index (χ3v) is 13.5. The molecule has 0 unspecified atom stereocenters. The Morgan fingerprint density at radius 2 is 0.714 bits per heavy atom. The molecule has 0 spiro atoms. The number of hydrogen-bond acceptors (Lipinski definition) is 3. The normalized spacial score (nSPS) is 12.9. The number of aromatic nitrogens is 3. The van der Waals surface area contributed by atoms with Crippen LogP contribution in [0.15, 0.2) is 164 Å². The second-order valence-electron chi connectivity index (χ2n) is 13.3. The van der Waals surface area contributed by atoms with Gasteiger partial charge in [0.2, 0.25) is 0 Å². The van der Waals surface area contributed by atoms with E-state index in [9.17, 15) is 0 Å². The molecule has 49 heavy (non-hydrogen) atoms. The molecule has 1 aliphatic heterocycles. The highest BCUT2D eigenvalue weighted by molar-refractivity contribution is 7.04. The minimum absolute atomic E-state index is 0.661. The van der Waals surface area contributed by atoms with Crippen LogP contribution in [0.5, 0.6) is 0 Å². The fourth-order valence-corrected chi connectivity index (χ4v) is 10.3. The van der Waals surface area contributed by atoms with Gasteiger partial charge >= 0.3 is 0 Å². The maximum Gasteiger partial charge on any atom is 0.164 e. The van der Waals surface area contributed by atoms with E-state index in [0.717, 1.165) is 27.8 Å². The number of nitrogens with zero attached hydrogens (tertiary/aromatic N) is 3. The van der Waals surface area contributed by atoms with E-state index in [1.807, 2.05) is 12.1 Å². The Morgan fingerprint density at radius 1 is 0.327 bits per heavy atom. The molecule has 1 aliphatic rings. The highest BCUT2D eigenvalue weighted by Crippen LogP contribution is 2.35. The van der Waals surface area contributed by atoms with Gasteiger partial charge in [-0.1, -0.05) is 165 Å². The fourth-order valence-electron chi connectivity index (χ4n) is 7.22. The second kappa shape index (κ2) is 11.6. The molecule has 0 aliphatic carbocycles. The van der Waals surface area contributed by atoms with Crippen LogP contribution in [0.4, 0.5) is 0 Å². The summed E-state index contributed by atoms with van der Waals surface area (Å²) in [4.78, 5) is 15.3. The van der Waals surface area contributed by atoms with E-state index < -0.39 is 8.07 Å². The van der Waals surface area contributed by atoms with E-state index >= 15 is 0 Å². The summed E-state index contributed by atoms with van der Waals surface area (Å²) in [7, 11) is -1.87. The smallest absolute Gasteiger partial charge is 0.164 e. The first-order valence-electron chi connectivity index (χ1n) is 16.8. The van der Waals surface area contributed by atoms with Crippen LogP contribution in [0.2, 0.25) is 13.1 Å². The summed E-state index contributed by atoms with van der Waals surface area (Å²) in [6.45, 7) is 4.92. The summed E-state index contributed by atoms with van der Waals surface area (Å²) in [5.41, 5.74) is 10.2. The number of fused-ring (bicyclic) bond motifs is 4. The molecular weight excluding hydrogens is 611 g/mol. The van der Waals surface area contributed by atoms with Gasteiger partial charge in [-0.2, -0.15) is 0 Å². The number of rotatable bonds is 5. The summed E-state index contributed by atoms with van der Waals surface area (Å²) in [5.74, 6) is 2.00. The summed E-state index contributed by atoms with van der Waals surface area (Å²) in [5, 5.41) is 5.53.